The van der Waals surface area contributed by atoms with Crippen LogP contribution in [0, 0.1) is 13.8 Å². The average Bonchev–Trinajstić information content (AvgIpc) is 3.00. The SMILES string of the molecule is Cc1cc([C@@H]2CN(C(=O)c3cncs3)CCO2)nc(C)n1. The Bertz CT molecular complexity index is 624. The maximum atomic E-state index is 12.4. The molecule has 2 aromatic heterocycles. The van der Waals surface area contributed by atoms with E-state index < -0.39 is 0 Å². The number of ether oxygens (including phenoxy) is 1. The van der Waals surface area contributed by atoms with Crippen LogP contribution in [0.5, 0.6) is 0 Å². The second-order valence-electron chi connectivity index (χ2n) is 4.96. The first kappa shape index (κ1) is 14.1. The van der Waals surface area contributed by atoms with Gasteiger partial charge in [0.15, 0.2) is 0 Å². The molecule has 0 saturated carbocycles. The van der Waals surface area contributed by atoms with Crippen LogP contribution in [-0.2, 0) is 4.74 Å². The summed E-state index contributed by atoms with van der Waals surface area (Å²) in [4.78, 5) is 27.5. The number of carbonyl (C=O) groups is 1. The molecule has 0 N–H and O–H groups in total. The van der Waals surface area contributed by atoms with Gasteiger partial charge in [0.05, 0.1) is 30.6 Å². The monoisotopic (exact) mass is 304 g/mol. The zero-order valence-electron chi connectivity index (χ0n) is 11.9. The summed E-state index contributed by atoms with van der Waals surface area (Å²) in [6.45, 7) is 5.40. The second-order valence-corrected chi connectivity index (χ2v) is 5.84. The summed E-state index contributed by atoms with van der Waals surface area (Å²) in [5.74, 6) is 0.729. The molecular weight excluding hydrogens is 288 g/mol. The fourth-order valence-corrected chi connectivity index (χ4v) is 2.99. The van der Waals surface area contributed by atoms with E-state index in [1.165, 1.54) is 11.3 Å². The molecular formula is C14H16N4O2S. The van der Waals surface area contributed by atoms with E-state index in [0.29, 0.717) is 24.6 Å². The Morgan fingerprint density at radius 1 is 1.43 bits per heavy atom. The minimum Gasteiger partial charge on any atom is -0.368 e. The van der Waals surface area contributed by atoms with Crippen molar-refractivity contribution in [2.45, 2.75) is 20.0 Å². The van der Waals surface area contributed by atoms with Gasteiger partial charge in [-0.15, -0.1) is 11.3 Å². The molecule has 3 rings (SSSR count). The Morgan fingerprint density at radius 3 is 3.00 bits per heavy atom. The third kappa shape index (κ3) is 3.08. The van der Waals surface area contributed by atoms with Crippen LogP contribution in [0.15, 0.2) is 17.8 Å². The van der Waals surface area contributed by atoms with Gasteiger partial charge in [0, 0.05) is 12.2 Å². The highest BCUT2D eigenvalue weighted by Crippen LogP contribution is 2.23. The van der Waals surface area contributed by atoms with E-state index in [9.17, 15) is 4.79 Å². The molecule has 0 aliphatic carbocycles. The number of rotatable bonds is 2. The predicted molar refractivity (Wildman–Crippen MR) is 78.2 cm³/mol. The summed E-state index contributed by atoms with van der Waals surface area (Å²) in [5, 5.41) is 0. The molecule has 0 unspecified atom stereocenters. The maximum Gasteiger partial charge on any atom is 0.265 e. The molecule has 1 aliphatic rings. The largest absolute Gasteiger partial charge is 0.368 e. The van der Waals surface area contributed by atoms with Crippen molar-refractivity contribution in [1.82, 2.24) is 19.9 Å². The third-order valence-corrected chi connectivity index (χ3v) is 4.07. The first-order valence-electron chi connectivity index (χ1n) is 6.75. The predicted octanol–water partition coefficient (Wildman–Crippen LogP) is 1.76. The number of morpholine rings is 1. The quantitative estimate of drug-likeness (QED) is 0.845. The van der Waals surface area contributed by atoms with Crippen LogP contribution in [0.4, 0.5) is 0 Å². The van der Waals surface area contributed by atoms with Gasteiger partial charge in [0.2, 0.25) is 0 Å². The van der Waals surface area contributed by atoms with E-state index in [0.717, 1.165) is 17.2 Å². The number of carbonyl (C=O) groups excluding carboxylic acids is 1. The van der Waals surface area contributed by atoms with Crippen LogP contribution in [0.2, 0.25) is 0 Å². The van der Waals surface area contributed by atoms with Gasteiger partial charge in [-0.25, -0.2) is 9.97 Å². The van der Waals surface area contributed by atoms with Crippen LogP contribution in [0.25, 0.3) is 0 Å². The van der Waals surface area contributed by atoms with Crippen molar-refractivity contribution in [1.29, 1.82) is 0 Å². The van der Waals surface area contributed by atoms with E-state index in [2.05, 4.69) is 15.0 Å². The number of nitrogens with zero attached hydrogens (tertiary/aromatic N) is 4. The molecule has 0 aromatic carbocycles. The van der Waals surface area contributed by atoms with Crippen LogP contribution in [0.1, 0.15) is 33.0 Å². The molecule has 7 heteroatoms. The lowest BCUT2D eigenvalue weighted by atomic mass is 10.1. The average molecular weight is 304 g/mol. The van der Waals surface area contributed by atoms with Crippen molar-refractivity contribution in [3.8, 4) is 0 Å². The van der Waals surface area contributed by atoms with Crippen LogP contribution >= 0.6 is 11.3 Å². The highest BCUT2D eigenvalue weighted by atomic mass is 32.1. The smallest absolute Gasteiger partial charge is 0.265 e. The Labute approximate surface area is 126 Å². The standard InChI is InChI=1S/C14H16N4O2S/c1-9-5-11(17-10(2)16-9)12-7-18(3-4-20-12)14(19)13-6-15-8-21-13/h5-6,8,12H,3-4,7H2,1-2H3/t12-/m0/s1. The number of amides is 1. The fraction of sp³-hybridized carbons (Fsp3) is 0.429. The molecule has 110 valence electrons. The summed E-state index contributed by atoms with van der Waals surface area (Å²) in [6.07, 6.45) is 1.41. The Kier molecular flexibility index (Phi) is 3.94. The molecule has 1 fully saturated rings. The van der Waals surface area contributed by atoms with Crippen molar-refractivity contribution in [3.05, 3.63) is 39.9 Å². The van der Waals surface area contributed by atoms with E-state index in [4.69, 9.17) is 4.74 Å². The van der Waals surface area contributed by atoms with Gasteiger partial charge in [-0.1, -0.05) is 0 Å². The van der Waals surface area contributed by atoms with Gasteiger partial charge < -0.3 is 9.64 Å². The lowest BCUT2D eigenvalue weighted by Crippen LogP contribution is -2.42. The highest BCUT2D eigenvalue weighted by Gasteiger charge is 2.27. The fourth-order valence-electron chi connectivity index (χ4n) is 2.40. The molecule has 1 atom stereocenters. The minimum atomic E-state index is -0.198. The van der Waals surface area contributed by atoms with Gasteiger partial charge in [-0.2, -0.15) is 0 Å². The van der Waals surface area contributed by atoms with Crippen LogP contribution in [0.3, 0.4) is 0 Å². The lowest BCUT2D eigenvalue weighted by molar-refractivity contribution is -0.0247. The molecule has 1 aliphatic heterocycles. The van der Waals surface area contributed by atoms with Crippen molar-refractivity contribution < 1.29 is 9.53 Å². The van der Waals surface area contributed by atoms with Gasteiger partial charge in [0.1, 0.15) is 16.8 Å². The zero-order chi connectivity index (χ0) is 14.8. The normalized spacial score (nSPS) is 18.8. The first-order chi connectivity index (χ1) is 10.1. The topological polar surface area (TPSA) is 68.2 Å². The van der Waals surface area contributed by atoms with Gasteiger partial charge in [-0.3, -0.25) is 9.78 Å². The summed E-state index contributed by atoms with van der Waals surface area (Å²) >= 11 is 1.36. The summed E-state index contributed by atoms with van der Waals surface area (Å²) in [6, 6.07) is 1.92. The molecule has 0 spiro atoms. The Morgan fingerprint density at radius 2 is 2.29 bits per heavy atom. The number of aromatic nitrogens is 3. The molecule has 6 nitrogen and oxygen atoms in total. The summed E-state index contributed by atoms with van der Waals surface area (Å²) in [5.41, 5.74) is 3.41. The van der Waals surface area contributed by atoms with Crippen molar-refractivity contribution in [3.63, 3.8) is 0 Å². The van der Waals surface area contributed by atoms with Gasteiger partial charge in [0.25, 0.3) is 5.91 Å². The Balaban J connectivity index is 1.78. The molecule has 0 bridgehead atoms. The minimum absolute atomic E-state index is 0.00769. The number of thiazole rings is 1. The third-order valence-electron chi connectivity index (χ3n) is 3.31. The van der Waals surface area contributed by atoms with E-state index in [1.54, 1.807) is 16.6 Å². The Hall–Kier alpha value is -1.86. The van der Waals surface area contributed by atoms with E-state index in [1.807, 2.05) is 19.9 Å². The maximum absolute atomic E-state index is 12.4. The molecule has 1 saturated heterocycles. The molecule has 1 amide bonds. The van der Waals surface area contributed by atoms with E-state index >= 15 is 0 Å². The van der Waals surface area contributed by atoms with Gasteiger partial charge >= 0.3 is 0 Å². The molecule has 3 heterocycles. The van der Waals surface area contributed by atoms with Crippen molar-refractivity contribution in [2.24, 2.45) is 0 Å². The number of aryl methyl sites for hydroxylation is 2. The zero-order valence-corrected chi connectivity index (χ0v) is 12.8. The van der Waals surface area contributed by atoms with Crippen molar-refractivity contribution in [2.75, 3.05) is 19.7 Å². The van der Waals surface area contributed by atoms with Gasteiger partial charge in [-0.05, 0) is 19.9 Å². The van der Waals surface area contributed by atoms with Crippen LogP contribution in [-0.4, -0.2) is 45.5 Å². The summed E-state index contributed by atoms with van der Waals surface area (Å²) in [7, 11) is 0. The van der Waals surface area contributed by atoms with Crippen LogP contribution < -0.4 is 0 Å². The second kappa shape index (κ2) is 5.87. The first-order valence-corrected chi connectivity index (χ1v) is 7.63. The molecule has 0 radical (unpaired) electrons. The van der Waals surface area contributed by atoms with Crippen molar-refractivity contribution >= 4 is 17.2 Å². The molecule has 2 aromatic rings. The number of hydrogen-bond donors (Lipinski definition) is 0. The summed E-state index contributed by atoms with van der Waals surface area (Å²) < 4.78 is 5.78. The van der Waals surface area contributed by atoms with E-state index in [-0.39, 0.29) is 12.0 Å². The molecule has 21 heavy (non-hydrogen) atoms. The number of hydrogen-bond acceptors (Lipinski definition) is 6. The highest BCUT2D eigenvalue weighted by molar-refractivity contribution is 7.11. The lowest BCUT2D eigenvalue weighted by Gasteiger charge is -2.32.